The van der Waals surface area contributed by atoms with Crippen molar-refractivity contribution in [3.8, 4) is 0 Å². The fraction of sp³-hybridized carbons (Fsp3) is 0.438. The molecule has 1 saturated carbocycles. The van der Waals surface area contributed by atoms with E-state index in [2.05, 4.69) is 10.6 Å². The molecule has 112 valence electrons. The van der Waals surface area contributed by atoms with Gasteiger partial charge in [-0.25, -0.2) is 0 Å². The molecule has 21 heavy (non-hydrogen) atoms. The molecule has 2 amide bonds. The minimum atomic E-state index is -0.865. The molecule has 0 radical (unpaired) electrons. The third-order valence-corrected chi connectivity index (χ3v) is 4.03. The van der Waals surface area contributed by atoms with Crippen LogP contribution in [-0.2, 0) is 14.4 Å². The third-order valence-electron chi connectivity index (χ3n) is 4.03. The van der Waals surface area contributed by atoms with Gasteiger partial charge in [0, 0.05) is 18.3 Å². The van der Waals surface area contributed by atoms with Crippen molar-refractivity contribution in [2.24, 2.45) is 5.41 Å². The van der Waals surface area contributed by atoms with Gasteiger partial charge < -0.3 is 10.6 Å². The first-order chi connectivity index (χ1) is 9.94. The maximum atomic E-state index is 12.4. The van der Waals surface area contributed by atoms with Gasteiger partial charge in [-0.1, -0.05) is 12.8 Å². The Morgan fingerprint density at radius 2 is 1.38 bits per heavy atom. The predicted octanol–water partition coefficient (Wildman–Crippen LogP) is 2.73. The molecule has 1 aromatic rings. The molecule has 0 unspecified atom stereocenters. The van der Waals surface area contributed by atoms with E-state index < -0.39 is 5.41 Å². The summed E-state index contributed by atoms with van der Waals surface area (Å²) in [4.78, 5) is 35.3. The largest absolute Gasteiger partial charge is 0.326 e. The van der Waals surface area contributed by atoms with Gasteiger partial charge in [0.05, 0.1) is 0 Å². The summed E-state index contributed by atoms with van der Waals surface area (Å²) in [6.45, 7) is 2.93. The molecule has 0 bridgehead atoms. The van der Waals surface area contributed by atoms with Crippen molar-refractivity contribution in [1.29, 1.82) is 0 Å². The number of benzene rings is 1. The Balaban J connectivity index is 2.08. The summed E-state index contributed by atoms with van der Waals surface area (Å²) in [5.74, 6) is -0.430. The molecule has 5 nitrogen and oxygen atoms in total. The molecular formula is C16H20N2O3. The van der Waals surface area contributed by atoms with Crippen LogP contribution in [-0.4, -0.2) is 17.6 Å². The number of amides is 2. The van der Waals surface area contributed by atoms with E-state index in [9.17, 15) is 14.4 Å². The number of rotatable bonds is 4. The minimum Gasteiger partial charge on any atom is -0.326 e. The van der Waals surface area contributed by atoms with Gasteiger partial charge in [0.15, 0.2) is 0 Å². The van der Waals surface area contributed by atoms with E-state index in [0.29, 0.717) is 24.2 Å². The maximum absolute atomic E-state index is 12.4. The van der Waals surface area contributed by atoms with Crippen molar-refractivity contribution in [3.63, 3.8) is 0 Å². The first kappa shape index (κ1) is 15.2. The first-order valence-corrected chi connectivity index (χ1v) is 7.14. The van der Waals surface area contributed by atoms with Crippen LogP contribution in [0.25, 0.3) is 0 Å². The van der Waals surface area contributed by atoms with Crippen molar-refractivity contribution in [3.05, 3.63) is 24.3 Å². The van der Waals surface area contributed by atoms with E-state index >= 15 is 0 Å². The number of nitrogens with one attached hydrogen (secondary N) is 2. The van der Waals surface area contributed by atoms with Gasteiger partial charge in [0.1, 0.15) is 11.2 Å². The van der Waals surface area contributed by atoms with Crippen LogP contribution in [0, 0.1) is 5.41 Å². The van der Waals surface area contributed by atoms with Gasteiger partial charge in [-0.2, -0.15) is 0 Å². The molecule has 0 aliphatic heterocycles. The van der Waals surface area contributed by atoms with Crippen molar-refractivity contribution >= 4 is 29.0 Å². The van der Waals surface area contributed by atoms with Crippen molar-refractivity contribution in [2.75, 3.05) is 10.6 Å². The highest BCUT2D eigenvalue weighted by atomic mass is 16.2. The molecule has 0 spiro atoms. The molecule has 1 fully saturated rings. The molecule has 0 heterocycles. The lowest BCUT2D eigenvalue weighted by Gasteiger charge is -2.24. The number of carbonyl (C=O) groups is 3. The average Bonchev–Trinajstić information content (AvgIpc) is 2.91. The SMILES string of the molecule is CC(=O)Nc1ccc(NC(=O)C2(C(C)=O)CCCC2)cc1. The zero-order chi connectivity index (χ0) is 15.5. The van der Waals surface area contributed by atoms with E-state index in [1.165, 1.54) is 13.8 Å². The Labute approximate surface area is 124 Å². The van der Waals surface area contributed by atoms with E-state index in [0.717, 1.165) is 12.8 Å². The molecule has 2 rings (SSSR count). The fourth-order valence-corrected chi connectivity index (χ4v) is 2.81. The Bertz CT molecular complexity index is 557. The lowest BCUT2D eigenvalue weighted by molar-refractivity contribution is -0.137. The molecule has 0 atom stereocenters. The third kappa shape index (κ3) is 3.29. The normalized spacial score (nSPS) is 16.3. The monoisotopic (exact) mass is 288 g/mol. The van der Waals surface area contributed by atoms with Gasteiger partial charge in [-0.15, -0.1) is 0 Å². The lowest BCUT2D eigenvalue weighted by atomic mass is 9.81. The highest BCUT2D eigenvalue weighted by Crippen LogP contribution is 2.40. The van der Waals surface area contributed by atoms with Gasteiger partial charge in [0.25, 0.3) is 0 Å². The van der Waals surface area contributed by atoms with Crippen LogP contribution in [0.2, 0.25) is 0 Å². The molecule has 1 aliphatic carbocycles. The highest BCUT2D eigenvalue weighted by molar-refractivity contribution is 6.10. The second kappa shape index (κ2) is 6.08. The second-order valence-electron chi connectivity index (χ2n) is 5.56. The van der Waals surface area contributed by atoms with E-state index in [4.69, 9.17) is 0 Å². The topological polar surface area (TPSA) is 75.3 Å². The summed E-state index contributed by atoms with van der Waals surface area (Å²) < 4.78 is 0. The van der Waals surface area contributed by atoms with Gasteiger partial charge in [-0.05, 0) is 44.0 Å². The molecule has 2 N–H and O–H groups in total. The first-order valence-electron chi connectivity index (χ1n) is 7.14. The number of anilines is 2. The van der Waals surface area contributed by atoms with Gasteiger partial charge >= 0.3 is 0 Å². The fourth-order valence-electron chi connectivity index (χ4n) is 2.81. The van der Waals surface area contributed by atoms with Crippen LogP contribution >= 0.6 is 0 Å². The number of carbonyl (C=O) groups excluding carboxylic acids is 3. The van der Waals surface area contributed by atoms with E-state index in [-0.39, 0.29) is 17.6 Å². The maximum Gasteiger partial charge on any atom is 0.238 e. The quantitative estimate of drug-likeness (QED) is 0.836. The van der Waals surface area contributed by atoms with Crippen LogP contribution in [0.3, 0.4) is 0 Å². The lowest BCUT2D eigenvalue weighted by Crippen LogP contribution is -2.39. The Kier molecular flexibility index (Phi) is 4.40. The Hall–Kier alpha value is -2.17. The molecule has 1 aromatic carbocycles. The smallest absolute Gasteiger partial charge is 0.238 e. The predicted molar refractivity (Wildman–Crippen MR) is 81.0 cm³/mol. The minimum absolute atomic E-state index is 0.0626. The van der Waals surface area contributed by atoms with Crippen LogP contribution in [0.15, 0.2) is 24.3 Å². The molecule has 0 saturated heterocycles. The molecule has 1 aliphatic rings. The van der Waals surface area contributed by atoms with Gasteiger partial charge in [0.2, 0.25) is 11.8 Å². The number of hydrogen-bond donors (Lipinski definition) is 2. The van der Waals surface area contributed by atoms with E-state index in [1.54, 1.807) is 24.3 Å². The van der Waals surface area contributed by atoms with Crippen LogP contribution in [0.4, 0.5) is 11.4 Å². The Morgan fingerprint density at radius 3 is 1.81 bits per heavy atom. The molecular weight excluding hydrogens is 268 g/mol. The summed E-state index contributed by atoms with van der Waals surface area (Å²) in [5.41, 5.74) is 0.431. The van der Waals surface area contributed by atoms with Crippen LogP contribution in [0.5, 0.6) is 0 Å². The summed E-state index contributed by atoms with van der Waals surface area (Å²) >= 11 is 0. The standard InChI is InChI=1S/C16H20N2O3/c1-11(19)16(9-3-4-10-16)15(21)18-14-7-5-13(6-8-14)17-12(2)20/h5-8H,3-4,9-10H2,1-2H3,(H,17,20)(H,18,21). The van der Waals surface area contributed by atoms with Crippen molar-refractivity contribution in [1.82, 2.24) is 0 Å². The zero-order valence-corrected chi connectivity index (χ0v) is 12.4. The molecule has 5 heteroatoms. The van der Waals surface area contributed by atoms with Crippen molar-refractivity contribution < 1.29 is 14.4 Å². The van der Waals surface area contributed by atoms with Gasteiger partial charge in [-0.3, -0.25) is 14.4 Å². The van der Waals surface area contributed by atoms with Crippen LogP contribution in [0.1, 0.15) is 39.5 Å². The summed E-state index contributed by atoms with van der Waals surface area (Å²) in [5, 5.41) is 5.47. The summed E-state index contributed by atoms with van der Waals surface area (Å²) in [6.07, 6.45) is 3.07. The number of hydrogen-bond acceptors (Lipinski definition) is 3. The number of Topliss-reactive ketones (excluding diaryl/α,β-unsaturated/α-hetero) is 1. The second-order valence-corrected chi connectivity index (χ2v) is 5.56. The Morgan fingerprint density at radius 1 is 0.905 bits per heavy atom. The number of ketones is 1. The average molecular weight is 288 g/mol. The van der Waals surface area contributed by atoms with E-state index in [1.807, 2.05) is 0 Å². The van der Waals surface area contributed by atoms with Crippen molar-refractivity contribution in [2.45, 2.75) is 39.5 Å². The molecule has 0 aromatic heterocycles. The summed E-state index contributed by atoms with van der Waals surface area (Å²) in [7, 11) is 0. The highest BCUT2D eigenvalue weighted by Gasteiger charge is 2.45. The zero-order valence-electron chi connectivity index (χ0n) is 12.4. The summed E-state index contributed by atoms with van der Waals surface area (Å²) in [6, 6.07) is 6.86. The van der Waals surface area contributed by atoms with Crippen LogP contribution < -0.4 is 10.6 Å².